The normalized spacial score (nSPS) is 13.7. The molecule has 2 heteroatoms. The maximum Gasteiger partial charge on any atom is 0.0271 e. The first kappa shape index (κ1) is 15.9. The third-order valence-electron chi connectivity index (χ3n) is 3.99. The van der Waals surface area contributed by atoms with Crippen LogP contribution in [0.5, 0.6) is 0 Å². The summed E-state index contributed by atoms with van der Waals surface area (Å²) >= 11 is 0. The lowest BCUT2D eigenvalue weighted by Gasteiger charge is -2.32. The van der Waals surface area contributed by atoms with Gasteiger partial charge in [-0.2, -0.15) is 0 Å². The summed E-state index contributed by atoms with van der Waals surface area (Å²) in [6, 6.07) is 32.3. The van der Waals surface area contributed by atoms with Crippen molar-refractivity contribution in [3.05, 3.63) is 96.6 Å². The van der Waals surface area contributed by atoms with E-state index in [1.807, 2.05) is 0 Å². The van der Waals surface area contributed by atoms with Gasteiger partial charge in [0.1, 0.15) is 0 Å². The number of hydrogen-bond acceptors (Lipinski definition) is 1. The lowest BCUT2D eigenvalue weighted by molar-refractivity contribution is 0.716. The summed E-state index contributed by atoms with van der Waals surface area (Å²) < 4.78 is 0. The molecule has 3 rings (SSSR count). The van der Waals surface area contributed by atoms with Crippen molar-refractivity contribution < 1.29 is 0 Å². The van der Waals surface area contributed by atoms with Gasteiger partial charge in [0.05, 0.1) is 0 Å². The number of rotatable bonds is 5. The third-order valence-corrected chi connectivity index (χ3v) is 7.02. The van der Waals surface area contributed by atoms with Crippen molar-refractivity contribution in [2.24, 2.45) is 5.73 Å². The number of benzene rings is 3. The molecular weight excluding hydrogens is 297 g/mol. The van der Waals surface area contributed by atoms with Crippen LogP contribution in [0.1, 0.15) is 18.1 Å². The largest absolute Gasteiger partial charge is 0.327 e. The second-order valence-corrected chi connectivity index (χ2v) is 8.08. The van der Waals surface area contributed by atoms with Gasteiger partial charge in [-0.1, -0.05) is 91.0 Å². The van der Waals surface area contributed by atoms with E-state index in [9.17, 15) is 0 Å². The van der Waals surface area contributed by atoms with E-state index in [-0.39, 0.29) is 6.04 Å². The Labute approximate surface area is 139 Å². The van der Waals surface area contributed by atoms with Crippen LogP contribution in [0.4, 0.5) is 0 Å². The van der Waals surface area contributed by atoms with Crippen LogP contribution >= 0.6 is 7.92 Å². The van der Waals surface area contributed by atoms with Gasteiger partial charge >= 0.3 is 0 Å². The number of hydrogen-bond donors (Lipinski definition) is 1. The van der Waals surface area contributed by atoms with E-state index >= 15 is 0 Å². The molecule has 0 aliphatic heterocycles. The highest BCUT2D eigenvalue weighted by molar-refractivity contribution is 7.73. The summed E-state index contributed by atoms with van der Waals surface area (Å²) in [4.78, 5) is 0. The fraction of sp³-hybridized carbons (Fsp3) is 0.143. The first-order chi connectivity index (χ1) is 11.3. The second-order valence-electron chi connectivity index (χ2n) is 5.76. The molecule has 0 saturated heterocycles. The molecule has 3 aromatic carbocycles. The zero-order valence-electron chi connectivity index (χ0n) is 13.3. The zero-order valence-corrected chi connectivity index (χ0v) is 14.2. The summed E-state index contributed by atoms with van der Waals surface area (Å²) in [5.41, 5.74) is 8.08. The summed E-state index contributed by atoms with van der Waals surface area (Å²) in [6.45, 7) is 2.12. The molecule has 23 heavy (non-hydrogen) atoms. The molecule has 0 fully saturated rings. The van der Waals surface area contributed by atoms with E-state index in [2.05, 4.69) is 97.9 Å². The first-order valence-corrected chi connectivity index (χ1v) is 9.38. The minimum Gasteiger partial charge on any atom is -0.327 e. The Bertz CT molecular complexity index is 671. The fourth-order valence-electron chi connectivity index (χ4n) is 2.99. The quantitative estimate of drug-likeness (QED) is 0.701. The molecule has 0 unspecified atom stereocenters. The van der Waals surface area contributed by atoms with Gasteiger partial charge in [-0.25, -0.2) is 0 Å². The van der Waals surface area contributed by atoms with Crippen LogP contribution in [0.2, 0.25) is 0 Å². The van der Waals surface area contributed by atoms with Crippen LogP contribution in [0, 0.1) is 0 Å². The average molecular weight is 319 g/mol. The van der Waals surface area contributed by atoms with Crippen molar-refractivity contribution in [1.29, 1.82) is 0 Å². The highest BCUT2D eigenvalue weighted by Crippen LogP contribution is 2.50. The Morgan fingerprint density at radius 2 is 1.04 bits per heavy atom. The van der Waals surface area contributed by atoms with E-state index in [0.717, 1.165) is 0 Å². The summed E-state index contributed by atoms with van der Waals surface area (Å²) in [5, 5.41) is 2.75. The molecule has 2 N–H and O–H groups in total. The highest BCUT2D eigenvalue weighted by atomic mass is 31.1. The van der Waals surface area contributed by atoms with Crippen LogP contribution in [-0.4, -0.2) is 6.04 Å². The molecule has 0 aliphatic carbocycles. The molecule has 0 radical (unpaired) electrons. The van der Waals surface area contributed by atoms with E-state index < -0.39 is 7.92 Å². The van der Waals surface area contributed by atoms with Crippen molar-refractivity contribution in [2.75, 3.05) is 0 Å². The Kier molecular flexibility index (Phi) is 5.23. The smallest absolute Gasteiger partial charge is 0.0271 e. The molecule has 3 aromatic rings. The van der Waals surface area contributed by atoms with Crippen LogP contribution < -0.4 is 16.3 Å². The summed E-state index contributed by atoms with van der Waals surface area (Å²) in [5.74, 6) is 0. The minimum atomic E-state index is -0.555. The lowest BCUT2D eigenvalue weighted by Crippen LogP contribution is -2.29. The number of nitrogens with two attached hydrogens (primary N) is 1. The third kappa shape index (κ3) is 3.69. The first-order valence-electron chi connectivity index (χ1n) is 7.97. The maximum absolute atomic E-state index is 6.46. The molecular formula is C21H22NP. The lowest BCUT2D eigenvalue weighted by atomic mass is 10.1. The molecule has 0 heterocycles. The molecule has 1 nitrogen and oxygen atoms in total. The van der Waals surface area contributed by atoms with Crippen molar-refractivity contribution in [3.63, 3.8) is 0 Å². The molecule has 0 spiro atoms. The van der Waals surface area contributed by atoms with E-state index in [0.29, 0.717) is 5.66 Å². The van der Waals surface area contributed by atoms with Crippen molar-refractivity contribution >= 4 is 18.5 Å². The van der Waals surface area contributed by atoms with Crippen LogP contribution in [0.15, 0.2) is 91.0 Å². The van der Waals surface area contributed by atoms with Gasteiger partial charge in [-0.15, -0.1) is 0 Å². The topological polar surface area (TPSA) is 26.0 Å². The zero-order chi connectivity index (χ0) is 16.1. The predicted octanol–water partition coefficient (Wildman–Crippen LogP) is 4.21. The maximum atomic E-state index is 6.46. The van der Waals surface area contributed by atoms with Crippen molar-refractivity contribution in [2.45, 2.75) is 18.6 Å². The molecule has 0 bridgehead atoms. The van der Waals surface area contributed by atoms with Crippen molar-refractivity contribution in [1.82, 2.24) is 0 Å². The summed E-state index contributed by atoms with van der Waals surface area (Å²) in [6.07, 6.45) is 0. The SMILES string of the molecule is C[C@@H](N)[C@H](c1ccccc1)P(c1ccccc1)c1ccccc1. The molecule has 2 atom stereocenters. The summed E-state index contributed by atoms with van der Waals surface area (Å²) in [7, 11) is -0.555. The molecule has 0 aliphatic rings. The van der Waals surface area contributed by atoms with Gasteiger partial charge in [0.15, 0.2) is 0 Å². The minimum absolute atomic E-state index is 0.0870. The van der Waals surface area contributed by atoms with Crippen molar-refractivity contribution in [3.8, 4) is 0 Å². The van der Waals surface area contributed by atoms with Gasteiger partial charge in [-0.3, -0.25) is 0 Å². The fourth-order valence-corrected chi connectivity index (χ4v) is 5.85. The van der Waals surface area contributed by atoms with E-state index in [1.165, 1.54) is 16.2 Å². The second kappa shape index (κ2) is 7.55. The average Bonchev–Trinajstić information content (AvgIpc) is 2.61. The van der Waals surface area contributed by atoms with Gasteiger partial charge < -0.3 is 5.73 Å². The van der Waals surface area contributed by atoms with Gasteiger partial charge in [0.2, 0.25) is 0 Å². The molecule has 0 amide bonds. The molecule has 0 aromatic heterocycles. The molecule has 0 saturated carbocycles. The van der Waals surface area contributed by atoms with Crippen LogP contribution in [0.3, 0.4) is 0 Å². The highest BCUT2D eigenvalue weighted by Gasteiger charge is 2.28. The Morgan fingerprint density at radius 1 is 0.652 bits per heavy atom. The van der Waals surface area contributed by atoms with Crippen LogP contribution in [0.25, 0.3) is 0 Å². The van der Waals surface area contributed by atoms with Gasteiger partial charge in [0, 0.05) is 11.7 Å². The monoisotopic (exact) mass is 319 g/mol. The van der Waals surface area contributed by atoms with Gasteiger partial charge in [0.25, 0.3) is 0 Å². The Morgan fingerprint density at radius 3 is 1.43 bits per heavy atom. The van der Waals surface area contributed by atoms with Gasteiger partial charge in [-0.05, 0) is 31.0 Å². The molecule has 116 valence electrons. The van der Waals surface area contributed by atoms with Crippen LogP contribution in [-0.2, 0) is 0 Å². The standard InChI is InChI=1S/C21H22NP/c1-17(22)21(18-11-5-2-6-12-18)23(19-13-7-3-8-14-19)20-15-9-4-10-16-20/h2-17,21H,22H2,1H3/t17-,21-/m1/s1. The van der Waals surface area contributed by atoms with E-state index in [1.54, 1.807) is 0 Å². The predicted molar refractivity (Wildman–Crippen MR) is 102 cm³/mol. The Balaban J connectivity index is 2.13. The van der Waals surface area contributed by atoms with E-state index in [4.69, 9.17) is 5.73 Å². The Hall–Kier alpha value is -1.95.